The summed E-state index contributed by atoms with van der Waals surface area (Å²) in [5.41, 5.74) is 0.927. The van der Waals surface area contributed by atoms with Gasteiger partial charge < -0.3 is 14.4 Å². The third kappa shape index (κ3) is 10.7. The first-order valence-corrected chi connectivity index (χ1v) is 15.2. The molecule has 0 fully saturated rings. The van der Waals surface area contributed by atoms with E-state index < -0.39 is 0 Å². The molecule has 7 heteroatoms. The summed E-state index contributed by atoms with van der Waals surface area (Å²) in [6, 6.07) is 24.1. The van der Waals surface area contributed by atoms with Crippen LogP contribution in [0.4, 0.5) is 0 Å². The Balaban J connectivity index is 1.69. The molecule has 0 N–H and O–H groups in total. The van der Waals surface area contributed by atoms with Crippen molar-refractivity contribution >= 4 is 40.4 Å². The van der Waals surface area contributed by atoms with Crippen LogP contribution in [-0.4, -0.2) is 48.2 Å². The van der Waals surface area contributed by atoms with Gasteiger partial charge in [-0.1, -0.05) is 80.4 Å². The van der Waals surface area contributed by atoms with E-state index in [0.717, 1.165) is 35.1 Å². The van der Waals surface area contributed by atoms with Crippen molar-refractivity contribution in [2.24, 2.45) is 5.92 Å². The lowest BCUT2D eigenvalue weighted by Crippen LogP contribution is -2.39. The summed E-state index contributed by atoms with van der Waals surface area (Å²) in [6.07, 6.45) is 3.61. The van der Waals surface area contributed by atoms with Crippen molar-refractivity contribution in [1.29, 1.82) is 0 Å². The quantitative estimate of drug-likeness (QED) is 0.0996. The van der Waals surface area contributed by atoms with Gasteiger partial charge in [-0.05, 0) is 48.2 Å². The van der Waals surface area contributed by atoms with Crippen LogP contribution < -0.4 is 0 Å². The van der Waals surface area contributed by atoms with Crippen molar-refractivity contribution in [3.63, 3.8) is 0 Å². The number of carbonyl (C=O) groups excluding carboxylic acids is 3. The van der Waals surface area contributed by atoms with Crippen LogP contribution in [0.2, 0.25) is 0 Å². The van der Waals surface area contributed by atoms with Crippen molar-refractivity contribution in [3.05, 3.63) is 78.4 Å². The highest BCUT2D eigenvalue weighted by Crippen LogP contribution is 2.28. The van der Waals surface area contributed by atoms with Gasteiger partial charge >= 0.3 is 11.9 Å². The van der Waals surface area contributed by atoms with E-state index in [9.17, 15) is 14.4 Å². The molecule has 3 aromatic rings. The van der Waals surface area contributed by atoms with Crippen LogP contribution in [-0.2, 0) is 30.5 Å². The number of ether oxygens (including phenoxy) is 2. The Morgan fingerprint density at radius 3 is 2.27 bits per heavy atom. The van der Waals surface area contributed by atoms with E-state index in [2.05, 4.69) is 37.3 Å². The van der Waals surface area contributed by atoms with Gasteiger partial charge in [0.25, 0.3) is 0 Å². The van der Waals surface area contributed by atoms with E-state index in [0.29, 0.717) is 31.9 Å². The Bertz CT molecular complexity index is 1220. The number of rotatable bonds is 17. The lowest BCUT2D eigenvalue weighted by Gasteiger charge is -2.27. The number of benzene rings is 3. The zero-order valence-corrected chi connectivity index (χ0v) is 24.5. The number of hydrogen-bond acceptors (Lipinski definition) is 6. The van der Waals surface area contributed by atoms with Crippen molar-refractivity contribution in [2.45, 2.75) is 63.9 Å². The molecule has 0 aliphatic rings. The van der Waals surface area contributed by atoms with Crippen molar-refractivity contribution in [2.75, 3.05) is 25.4 Å². The molecule has 0 spiro atoms. The molecule has 3 rings (SSSR count). The van der Waals surface area contributed by atoms with Gasteiger partial charge in [0.2, 0.25) is 5.91 Å². The largest absolute Gasteiger partial charge is 0.466 e. The summed E-state index contributed by atoms with van der Waals surface area (Å²) >= 11 is 1.62. The van der Waals surface area contributed by atoms with E-state index in [1.54, 1.807) is 23.6 Å². The van der Waals surface area contributed by atoms with Crippen LogP contribution >= 0.6 is 11.8 Å². The molecular weight excluding hydrogens is 522 g/mol. The maximum atomic E-state index is 13.8. The Kier molecular flexibility index (Phi) is 13.6. The summed E-state index contributed by atoms with van der Waals surface area (Å²) in [5, 5.41) is 2.32. The van der Waals surface area contributed by atoms with E-state index >= 15 is 0 Å². The molecule has 0 aromatic heterocycles. The summed E-state index contributed by atoms with van der Waals surface area (Å²) in [4.78, 5) is 41.4. The maximum absolute atomic E-state index is 13.8. The first kappa shape index (κ1) is 31.2. The topological polar surface area (TPSA) is 72.9 Å². The van der Waals surface area contributed by atoms with Crippen LogP contribution in [0.25, 0.3) is 10.8 Å². The fourth-order valence-corrected chi connectivity index (χ4v) is 5.51. The Morgan fingerprint density at radius 2 is 1.52 bits per heavy atom. The van der Waals surface area contributed by atoms with Crippen LogP contribution in [0.15, 0.2) is 77.7 Å². The molecule has 0 aliphatic heterocycles. The van der Waals surface area contributed by atoms with Gasteiger partial charge in [0, 0.05) is 36.1 Å². The summed E-state index contributed by atoms with van der Waals surface area (Å²) in [5.74, 6) is -0.495. The summed E-state index contributed by atoms with van der Waals surface area (Å²) in [6.45, 7) is 5.33. The number of unbranched alkanes of at least 4 members (excludes halogenated alkanes) is 2. The SMILES string of the molecule is CCCCCN(CCC(=O)OCC)C(=O)C(CCC(=O)OCc1ccccc1)CSc1ccc2ccccc2c1. The minimum Gasteiger partial charge on any atom is -0.466 e. The lowest BCUT2D eigenvalue weighted by atomic mass is 10.0. The van der Waals surface area contributed by atoms with E-state index in [-0.39, 0.29) is 43.2 Å². The molecular formula is C33H41NO5S. The normalized spacial score (nSPS) is 11.7. The van der Waals surface area contributed by atoms with Gasteiger partial charge in [0.1, 0.15) is 6.61 Å². The zero-order chi connectivity index (χ0) is 28.6. The molecule has 0 heterocycles. The molecule has 6 nitrogen and oxygen atoms in total. The molecule has 0 aliphatic carbocycles. The fourth-order valence-electron chi connectivity index (χ4n) is 4.44. The number of hydrogen-bond donors (Lipinski definition) is 0. The van der Waals surface area contributed by atoms with Gasteiger partial charge in [-0.2, -0.15) is 0 Å². The second-order valence-electron chi connectivity index (χ2n) is 9.79. The standard InChI is InChI=1S/C33H41NO5S/c1-3-5-11-21-34(22-20-32(36)38-4-2)33(37)29(17-19-31(35)39-24-26-12-7-6-8-13-26)25-40-30-18-16-27-14-9-10-15-28(27)23-30/h6-10,12-16,18,23,29H,3-5,11,17,19-22,24-25H2,1-2H3. The van der Waals surface area contributed by atoms with E-state index in [4.69, 9.17) is 9.47 Å². The monoisotopic (exact) mass is 563 g/mol. The predicted molar refractivity (Wildman–Crippen MR) is 161 cm³/mol. The average Bonchev–Trinajstić information content (AvgIpc) is 2.98. The second-order valence-corrected chi connectivity index (χ2v) is 10.9. The zero-order valence-electron chi connectivity index (χ0n) is 23.7. The summed E-state index contributed by atoms with van der Waals surface area (Å²) < 4.78 is 10.6. The number of fused-ring (bicyclic) bond motifs is 1. The molecule has 40 heavy (non-hydrogen) atoms. The summed E-state index contributed by atoms with van der Waals surface area (Å²) in [7, 11) is 0. The minimum atomic E-state index is -0.385. The number of nitrogens with zero attached hydrogens (tertiary/aromatic N) is 1. The highest BCUT2D eigenvalue weighted by atomic mass is 32.2. The van der Waals surface area contributed by atoms with Crippen LogP contribution in [0.5, 0.6) is 0 Å². The Morgan fingerprint density at radius 1 is 0.800 bits per heavy atom. The Hall–Kier alpha value is -3.32. The lowest BCUT2D eigenvalue weighted by molar-refractivity contribution is -0.145. The van der Waals surface area contributed by atoms with E-state index in [1.807, 2.05) is 42.5 Å². The number of amides is 1. The maximum Gasteiger partial charge on any atom is 0.307 e. The number of carbonyl (C=O) groups is 3. The molecule has 0 radical (unpaired) electrons. The fraction of sp³-hybridized carbons (Fsp3) is 0.424. The highest BCUT2D eigenvalue weighted by Gasteiger charge is 2.26. The first-order chi connectivity index (χ1) is 19.5. The van der Waals surface area contributed by atoms with Gasteiger partial charge in [-0.15, -0.1) is 11.8 Å². The van der Waals surface area contributed by atoms with Gasteiger partial charge in [0.15, 0.2) is 0 Å². The van der Waals surface area contributed by atoms with Gasteiger partial charge in [-0.25, -0.2) is 0 Å². The van der Waals surface area contributed by atoms with Crippen molar-refractivity contribution < 1.29 is 23.9 Å². The molecule has 0 saturated heterocycles. The molecule has 1 amide bonds. The minimum absolute atomic E-state index is 0.0236. The van der Waals surface area contributed by atoms with Gasteiger partial charge in [-0.3, -0.25) is 14.4 Å². The third-order valence-electron chi connectivity index (χ3n) is 6.70. The smallest absolute Gasteiger partial charge is 0.307 e. The first-order valence-electron chi connectivity index (χ1n) is 14.3. The van der Waals surface area contributed by atoms with Crippen LogP contribution in [0, 0.1) is 5.92 Å². The molecule has 0 saturated carbocycles. The molecule has 0 bridgehead atoms. The molecule has 1 atom stereocenters. The number of thioether (sulfide) groups is 1. The third-order valence-corrected chi connectivity index (χ3v) is 7.85. The molecule has 1 unspecified atom stereocenters. The number of esters is 2. The highest BCUT2D eigenvalue weighted by molar-refractivity contribution is 7.99. The van der Waals surface area contributed by atoms with Gasteiger partial charge in [0.05, 0.1) is 13.0 Å². The average molecular weight is 564 g/mol. The predicted octanol–water partition coefficient (Wildman–Crippen LogP) is 7.04. The van der Waals surface area contributed by atoms with Crippen molar-refractivity contribution in [1.82, 2.24) is 4.90 Å². The van der Waals surface area contributed by atoms with Crippen molar-refractivity contribution in [3.8, 4) is 0 Å². The van der Waals surface area contributed by atoms with E-state index in [1.165, 1.54) is 5.39 Å². The molecule has 214 valence electrons. The van der Waals surface area contributed by atoms with Crippen LogP contribution in [0.3, 0.4) is 0 Å². The van der Waals surface area contributed by atoms with Crippen LogP contribution in [0.1, 0.15) is 57.9 Å². The second kappa shape index (κ2) is 17.4. The molecule has 3 aromatic carbocycles. The Labute approximate surface area is 242 Å².